The number of imidazole rings is 1. The maximum Gasteiger partial charge on any atom is 0.321 e. The van der Waals surface area contributed by atoms with Gasteiger partial charge in [0.1, 0.15) is 11.9 Å². The molecule has 1 fully saturated rings. The smallest absolute Gasteiger partial charge is 0.321 e. The van der Waals surface area contributed by atoms with Gasteiger partial charge in [0.15, 0.2) is 0 Å². The number of aliphatic hydroxyl groups excluding tert-OH is 1. The Bertz CT molecular complexity index is 952. The zero-order valence-corrected chi connectivity index (χ0v) is 15.7. The van der Waals surface area contributed by atoms with Gasteiger partial charge < -0.3 is 24.5 Å². The number of fused-ring (bicyclic) bond motifs is 1. The third kappa shape index (κ3) is 3.30. The van der Waals surface area contributed by atoms with Gasteiger partial charge in [0.25, 0.3) is 0 Å². The molecule has 0 aliphatic carbocycles. The van der Waals surface area contributed by atoms with Crippen LogP contribution in [0, 0.1) is 5.92 Å². The number of hydrogen-bond acceptors (Lipinski definition) is 3. The quantitative estimate of drug-likeness (QED) is 0.747. The Labute approximate surface area is 158 Å². The van der Waals surface area contributed by atoms with Gasteiger partial charge in [-0.1, -0.05) is 12.1 Å². The molecule has 0 bridgehead atoms. The largest absolute Gasteiger partial charge is 0.385 e. The van der Waals surface area contributed by atoms with Gasteiger partial charge in [-0.2, -0.15) is 0 Å². The Kier molecular flexibility index (Phi) is 4.61. The summed E-state index contributed by atoms with van der Waals surface area (Å²) < 4.78 is 3.87. The lowest BCUT2D eigenvalue weighted by molar-refractivity contribution is 0.0600. The van der Waals surface area contributed by atoms with Crippen molar-refractivity contribution in [3.63, 3.8) is 0 Å². The molecule has 4 rings (SSSR count). The third-order valence-corrected chi connectivity index (χ3v) is 5.54. The molecule has 7 heteroatoms. The summed E-state index contributed by atoms with van der Waals surface area (Å²) >= 11 is 0. The number of benzene rings is 1. The van der Waals surface area contributed by atoms with E-state index >= 15 is 0 Å². The minimum absolute atomic E-state index is 0.0892. The predicted octanol–water partition coefficient (Wildman–Crippen LogP) is 2.89. The van der Waals surface area contributed by atoms with Crippen molar-refractivity contribution < 1.29 is 9.90 Å². The first kappa shape index (κ1) is 17.6. The molecule has 142 valence electrons. The molecule has 27 heavy (non-hydrogen) atoms. The molecule has 0 radical (unpaired) electrons. The highest BCUT2D eigenvalue weighted by Gasteiger charge is 2.30. The number of likely N-dealkylation sites (tertiary alicyclic amines) is 1. The number of para-hydroxylation sites is 1. The molecule has 3 heterocycles. The van der Waals surface area contributed by atoms with Crippen molar-refractivity contribution in [3.8, 4) is 0 Å². The van der Waals surface area contributed by atoms with Crippen molar-refractivity contribution >= 4 is 22.6 Å². The van der Waals surface area contributed by atoms with Gasteiger partial charge in [0.2, 0.25) is 0 Å². The van der Waals surface area contributed by atoms with Gasteiger partial charge in [-0.05, 0) is 30.9 Å². The van der Waals surface area contributed by atoms with Crippen LogP contribution in [0.5, 0.6) is 0 Å². The molecule has 3 aromatic rings. The van der Waals surface area contributed by atoms with Gasteiger partial charge >= 0.3 is 6.03 Å². The van der Waals surface area contributed by atoms with Crippen LogP contribution >= 0.6 is 0 Å². The highest BCUT2D eigenvalue weighted by molar-refractivity contribution is 6.00. The van der Waals surface area contributed by atoms with Gasteiger partial charge in [-0.25, -0.2) is 9.78 Å². The number of aryl methyl sites for hydroxylation is 2. The van der Waals surface area contributed by atoms with Crippen molar-refractivity contribution in [1.29, 1.82) is 0 Å². The van der Waals surface area contributed by atoms with Crippen LogP contribution < -0.4 is 5.32 Å². The standard InChI is InChI=1S/C20H25N5O2/c1-23-10-6-14-4-3-5-16(17(14)23)22-20(27)25-11-7-15(8-12-25)18(26)19-21-9-13-24(19)2/h3-6,9-10,13,15,18,26H,7-8,11-12H2,1-2H3,(H,22,27). The minimum atomic E-state index is -0.590. The average Bonchev–Trinajstić information content (AvgIpc) is 3.28. The normalized spacial score (nSPS) is 16.6. The predicted molar refractivity (Wildman–Crippen MR) is 104 cm³/mol. The number of aromatic nitrogens is 3. The van der Waals surface area contributed by atoms with Crippen molar-refractivity contribution in [3.05, 3.63) is 48.7 Å². The van der Waals surface area contributed by atoms with Crippen LogP contribution in [0.1, 0.15) is 24.8 Å². The number of urea groups is 1. The number of nitrogens with zero attached hydrogens (tertiary/aromatic N) is 4. The number of carbonyl (C=O) groups excluding carboxylic acids is 1. The van der Waals surface area contributed by atoms with E-state index in [0.717, 1.165) is 29.4 Å². The summed E-state index contributed by atoms with van der Waals surface area (Å²) in [6.07, 6.45) is 6.46. The fraction of sp³-hybridized carbons (Fsp3) is 0.400. The summed E-state index contributed by atoms with van der Waals surface area (Å²) in [5.74, 6) is 0.805. The molecule has 2 aromatic heterocycles. The highest BCUT2D eigenvalue weighted by atomic mass is 16.3. The first-order valence-corrected chi connectivity index (χ1v) is 9.30. The summed E-state index contributed by atoms with van der Waals surface area (Å²) in [6, 6.07) is 7.87. The summed E-state index contributed by atoms with van der Waals surface area (Å²) in [5.41, 5.74) is 1.84. The van der Waals surface area contributed by atoms with Crippen molar-refractivity contribution in [2.75, 3.05) is 18.4 Å². The molecule has 2 N–H and O–H groups in total. The molecule has 2 amide bonds. The Hall–Kier alpha value is -2.80. The number of piperidine rings is 1. The Morgan fingerprint density at radius 1 is 1.19 bits per heavy atom. The van der Waals surface area contributed by atoms with Gasteiger partial charge in [0.05, 0.1) is 11.2 Å². The van der Waals surface area contributed by atoms with E-state index in [4.69, 9.17) is 0 Å². The van der Waals surface area contributed by atoms with Crippen LogP contribution in [-0.4, -0.2) is 43.2 Å². The van der Waals surface area contributed by atoms with E-state index in [2.05, 4.69) is 10.3 Å². The number of carbonyl (C=O) groups is 1. The zero-order chi connectivity index (χ0) is 19.0. The second-order valence-electron chi connectivity index (χ2n) is 7.27. The van der Waals surface area contributed by atoms with Crippen LogP contribution in [0.15, 0.2) is 42.9 Å². The van der Waals surface area contributed by atoms with E-state index in [-0.39, 0.29) is 11.9 Å². The Balaban J connectivity index is 1.40. The Morgan fingerprint density at radius 2 is 1.96 bits per heavy atom. The molecule has 1 atom stereocenters. The topological polar surface area (TPSA) is 75.3 Å². The van der Waals surface area contributed by atoms with Gasteiger partial charge in [0, 0.05) is 51.2 Å². The van der Waals surface area contributed by atoms with E-state index in [9.17, 15) is 9.90 Å². The molecule has 1 aromatic carbocycles. The number of aliphatic hydroxyl groups is 1. The fourth-order valence-electron chi connectivity index (χ4n) is 3.94. The summed E-state index contributed by atoms with van der Waals surface area (Å²) in [4.78, 5) is 18.8. The minimum Gasteiger partial charge on any atom is -0.385 e. The van der Waals surface area contributed by atoms with Crippen molar-refractivity contribution in [2.24, 2.45) is 20.0 Å². The van der Waals surface area contributed by atoms with Crippen LogP contribution in [0.4, 0.5) is 10.5 Å². The summed E-state index contributed by atoms with van der Waals surface area (Å²) in [7, 11) is 3.86. The Morgan fingerprint density at radius 3 is 2.67 bits per heavy atom. The average molecular weight is 367 g/mol. The maximum absolute atomic E-state index is 12.7. The van der Waals surface area contributed by atoms with Crippen LogP contribution in [0.2, 0.25) is 0 Å². The first-order chi connectivity index (χ1) is 13.0. The SMILES string of the molecule is Cn1ccnc1C(O)C1CCN(C(=O)Nc2cccc3ccn(C)c23)CC1. The van der Waals surface area contributed by atoms with Crippen LogP contribution in [-0.2, 0) is 14.1 Å². The lowest BCUT2D eigenvalue weighted by Gasteiger charge is -2.34. The second-order valence-corrected chi connectivity index (χ2v) is 7.27. The van der Waals surface area contributed by atoms with E-state index < -0.39 is 6.10 Å². The molecular formula is C20H25N5O2. The van der Waals surface area contributed by atoms with Crippen LogP contribution in [0.3, 0.4) is 0 Å². The summed E-state index contributed by atoms with van der Waals surface area (Å²) in [5, 5.41) is 14.7. The fourth-order valence-corrected chi connectivity index (χ4v) is 3.94. The molecule has 0 saturated carbocycles. The number of amides is 2. The van der Waals surface area contributed by atoms with Gasteiger partial charge in [-0.3, -0.25) is 0 Å². The van der Waals surface area contributed by atoms with Gasteiger partial charge in [-0.15, -0.1) is 0 Å². The van der Waals surface area contributed by atoms with E-state index in [1.807, 2.05) is 64.8 Å². The molecule has 7 nitrogen and oxygen atoms in total. The number of hydrogen-bond donors (Lipinski definition) is 2. The zero-order valence-electron chi connectivity index (χ0n) is 15.7. The highest BCUT2D eigenvalue weighted by Crippen LogP contribution is 2.30. The monoisotopic (exact) mass is 367 g/mol. The van der Waals surface area contributed by atoms with Crippen molar-refractivity contribution in [1.82, 2.24) is 19.0 Å². The molecule has 0 spiro atoms. The van der Waals surface area contributed by atoms with E-state index in [1.54, 1.807) is 6.20 Å². The number of nitrogens with one attached hydrogen (secondary N) is 1. The lowest BCUT2D eigenvalue weighted by Crippen LogP contribution is -2.42. The molecule has 1 unspecified atom stereocenters. The third-order valence-electron chi connectivity index (χ3n) is 5.54. The van der Waals surface area contributed by atoms with E-state index in [1.165, 1.54) is 0 Å². The molecule has 1 saturated heterocycles. The number of rotatable bonds is 3. The molecule has 1 aliphatic heterocycles. The lowest BCUT2D eigenvalue weighted by atomic mass is 9.91. The maximum atomic E-state index is 12.7. The van der Waals surface area contributed by atoms with Crippen LogP contribution in [0.25, 0.3) is 10.9 Å². The molecular weight excluding hydrogens is 342 g/mol. The summed E-state index contributed by atoms with van der Waals surface area (Å²) in [6.45, 7) is 1.25. The van der Waals surface area contributed by atoms with Crippen molar-refractivity contribution in [2.45, 2.75) is 18.9 Å². The molecule has 1 aliphatic rings. The second kappa shape index (κ2) is 7.08. The number of anilines is 1. The first-order valence-electron chi connectivity index (χ1n) is 9.30. The van der Waals surface area contributed by atoms with E-state index in [0.29, 0.717) is 18.9 Å².